The molecule has 0 radical (unpaired) electrons. The molecule has 2 aliphatic rings. The Hall–Kier alpha value is -2.72. The van der Waals surface area contributed by atoms with Crippen LogP contribution < -0.4 is 9.46 Å². The molecule has 33 heavy (non-hydrogen) atoms. The smallest absolute Gasteiger partial charge is 0.241 e. The van der Waals surface area contributed by atoms with Gasteiger partial charge < -0.3 is 19.5 Å². The number of aliphatic hydroxyl groups is 1. The van der Waals surface area contributed by atoms with Crippen molar-refractivity contribution in [3.05, 3.63) is 71.8 Å². The lowest BCUT2D eigenvalue weighted by Crippen LogP contribution is -2.49. The quantitative estimate of drug-likeness (QED) is 0.594. The fourth-order valence-corrected chi connectivity index (χ4v) is 5.34. The second-order valence-electron chi connectivity index (χ2n) is 8.14. The molecule has 0 aromatic heterocycles. The first-order valence-electron chi connectivity index (χ1n) is 10.8. The molecule has 0 saturated carbocycles. The molecule has 3 atom stereocenters. The van der Waals surface area contributed by atoms with E-state index in [-0.39, 0.29) is 23.8 Å². The van der Waals surface area contributed by atoms with Crippen molar-refractivity contribution in [1.82, 2.24) is 9.62 Å². The van der Waals surface area contributed by atoms with Gasteiger partial charge in [-0.2, -0.15) is 0 Å². The number of sulfonamides is 1. The average molecular weight is 473 g/mol. The van der Waals surface area contributed by atoms with E-state index in [0.29, 0.717) is 18.8 Å². The molecule has 176 valence electrons. The number of amides is 1. The van der Waals surface area contributed by atoms with Gasteiger partial charge in [0, 0.05) is 13.1 Å². The Morgan fingerprint density at radius 3 is 2.58 bits per heavy atom. The molecule has 9 heteroatoms. The maximum atomic E-state index is 12.8. The summed E-state index contributed by atoms with van der Waals surface area (Å²) in [6.45, 7) is 0.834. The van der Waals surface area contributed by atoms with Gasteiger partial charge in [0.2, 0.25) is 15.9 Å². The molecule has 0 spiro atoms. The van der Waals surface area contributed by atoms with E-state index in [1.807, 2.05) is 23.1 Å². The highest BCUT2D eigenvalue weighted by Crippen LogP contribution is 2.23. The lowest BCUT2D eigenvalue weighted by Gasteiger charge is -2.33. The summed E-state index contributed by atoms with van der Waals surface area (Å²) in [6, 6.07) is 13.4. The Kier molecular flexibility index (Phi) is 7.14. The maximum absolute atomic E-state index is 12.8. The van der Waals surface area contributed by atoms with Crippen LogP contribution in [0.15, 0.2) is 65.6 Å². The van der Waals surface area contributed by atoms with Gasteiger partial charge >= 0.3 is 0 Å². The van der Waals surface area contributed by atoms with Crippen molar-refractivity contribution in [3.63, 3.8) is 0 Å². The van der Waals surface area contributed by atoms with E-state index < -0.39 is 28.3 Å². The summed E-state index contributed by atoms with van der Waals surface area (Å²) in [5.74, 6) is 0.515. The number of fused-ring (bicyclic) bond motifs is 1. The van der Waals surface area contributed by atoms with Crippen molar-refractivity contribution in [2.24, 2.45) is 0 Å². The second-order valence-corrected chi connectivity index (χ2v) is 9.86. The third-order valence-electron chi connectivity index (χ3n) is 5.98. The van der Waals surface area contributed by atoms with Crippen molar-refractivity contribution in [3.8, 4) is 5.75 Å². The van der Waals surface area contributed by atoms with E-state index in [1.54, 1.807) is 24.3 Å². The fraction of sp³-hybridized carbons (Fsp3) is 0.375. The lowest BCUT2D eigenvalue weighted by atomic mass is 9.99. The van der Waals surface area contributed by atoms with E-state index in [1.165, 1.54) is 24.8 Å². The van der Waals surface area contributed by atoms with Gasteiger partial charge in [0.25, 0.3) is 0 Å². The summed E-state index contributed by atoms with van der Waals surface area (Å²) in [7, 11) is -2.33. The van der Waals surface area contributed by atoms with Crippen LogP contribution in [0.5, 0.6) is 5.75 Å². The molecule has 2 heterocycles. The first kappa shape index (κ1) is 23.4. The number of ether oxygens (including phenoxy) is 2. The summed E-state index contributed by atoms with van der Waals surface area (Å²) in [5.41, 5.74) is 2.42. The Labute approximate surface area is 193 Å². The molecule has 0 unspecified atom stereocenters. The number of hydrogen-bond acceptors (Lipinski definition) is 6. The minimum absolute atomic E-state index is 0.0342. The van der Waals surface area contributed by atoms with Crippen LogP contribution in [0, 0.1) is 0 Å². The summed E-state index contributed by atoms with van der Waals surface area (Å²) in [5, 5.41) is 9.80. The van der Waals surface area contributed by atoms with Crippen molar-refractivity contribution < 1.29 is 27.8 Å². The van der Waals surface area contributed by atoms with Gasteiger partial charge in [-0.25, -0.2) is 13.1 Å². The first-order valence-corrected chi connectivity index (χ1v) is 12.3. The maximum Gasteiger partial charge on any atom is 0.241 e. The van der Waals surface area contributed by atoms with Crippen molar-refractivity contribution in [2.75, 3.05) is 20.3 Å². The van der Waals surface area contributed by atoms with Gasteiger partial charge in [-0.15, -0.1) is 0 Å². The highest BCUT2D eigenvalue weighted by molar-refractivity contribution is 7.89. The van der Waals surface area contributed by atoms with Gasteiger partial charge in [0.1, 0.15) is 11.9 Å². The van der Waals surface area contributed by atoms with Gasteiger partial charge in [-0.1, -0.05) is 36.4 Å². The number of carbonyl (C=O) groups is 1. The lowest BCUT2D eigenvalue weighted by molar-refractivity contribution is -0.136. The SMILES string of the molecule is COc1ccc(S(=O)(=O)N[C@H]2C=C[C@H](CC(=O)N3CCc4ccccc4C3)O[C@@H]2CO)cc1. The molecule has 2 aromatic rings. The molecule has 8 nitrogen and oxygen atoms in total. The highest BCUT2D eigenvalue weighted by Gasteiger charge is 2.32. The monoisotopic (exact) mass is 472 g/mol. The zero-order chi connectivity index (χ0) is 23.4. The minimum Gasteiger partial charge on any atom is -0.497 e. The normalized spacial score (nSPS) is 22.6. The Morgan fingerprint density at radius 1 is 1.15 bits per heavy atom. The zero-order valence-electron chi connectivity index (χ0n) is 18.4. The number of rotatable bonds is 7. The predicted molar refractivity (Wildman–Crippen MR) is 122 cm³/mol. The molecule has 2 N–H and O–H groups in total. The number of nitrogens with zero attached hydrogens (tertiary/aromatic N) is 1. The van der Waals surface area contributed by atoms with E-state index >= 15 is 0 Å². The number of nitrogens with one attached hydrogen (secondary N) is 1. The molecule has 2 aliphatic heterocycles. The average Bonchev–Trinajstić information content (AvgIpc) is 2.84. The third kappa shape index (κ3) is 5.44. The first-order chi connectivity index (χ1) is 15.9. The second kappa shape index (κ2) is 10.0. The summed E-state index contributed by atoms with van der Waals surface area (Å²) < 4.78 is 39.0. The van der Waals surface area contributed by atoms with Crippen LogP contribution in [-0.2, 0) is 32.5 Å². The van der Waals surface area contributed by atoms with E-state index in [4.69, 9.17) is 9.47 Å². The molecule has 0 saturated heterocycles. The summed E-state index contributed by atoms with van der Waals surface area (Å²) in [4.78, 5) is 14.7. The fourth-order valence-electron chi connectivity index (χ4n) is 4.12. The van der Waals surface area contributed by atoms with E-state index in [0.717, 1.165) is 12.0 Å². The van der Waals surface area contributed by atoms with Crippen LogP contribution in [0.2, 0.25) is 0 Å². The number of methoxy groups -OCH3 is 1. The summed E-state index contributed by atoms with van der Waals surface area (Å²) >= 11 is 0. The van der Waals surface area contributed by atoms with Gasteiger partial charge in [0.15, 0.2) is 0 Å². The van der Waals surface area contributed by atoms with Gasteiger partial charge in [-0.3, -0.25) is 4.79 Å². The van der Waals surface area contributed by atoms with E-state index in [2.05, 4.69) is 10.8 Å². The van der Waals surface area contributed by atoms with Crippen LogP contribution in [0.4, 0.5) is 0 Å². The standard InChI is InChI=1S/C24H28N2O6S/c1-31-19-6-9-21(10-7-19)33(29,30)25-22-11-8-20(32-23(22)16-27)14-24(28)26-13-12-17-4-2-3-5-18(17)15-26/h2-11,20,22-23,25,27H,12-16H2,1H3/t20-,22+,23-/m1/s1. The molecule has 2 aromatic carbocycles. The number of hydrogen-bond donors (Lipinski definition) is 2. The molecule has 0 aliphatic carbocycles. The molecule has 1 amide bonds. The van der Waals surface area contributed by atoms with Gasteiger partial charge in [0.05, 0.1) is 37.2 Å². The zero-order valence-corrected chi connectivity index (χ0v) is 19.2. The third-order valence-corrected chi connectivity index (χ3v) is 7.46. The minimum atomic E-state index is -3.84. The Bertz CT molecular complexity index is 1120. The largest absolute Gasteiger partial charge is 0.497 e. The van der Waals surface area contributed by atoms with Crippen LogP contribution in [0.3, 0.4) is 0 Å². The molecular formula is C24H28N2O6S. The van der Waals surface area contributed by atoms with Crippen LogP contribution >= 0.6 is 0 Å². The van der Waals surface area contributed by atoms with Crippen LogP contribution in [-0.4, -0.2) is 62.8 Å². The Balaban J connectivity index is 1.39. The van der Waals surface area contributed by atoms with Crippen LogP contribution in [0.1, 0.15) is 17.5 Å². The van der Waals surface area contributed by atoms with Crippen molar-refractivity contribution in [1.29, 1.82) is 0 Å². The molecule has 4 rings (SSSR count). The number of aliphatic hydroxyl groups excluding tert-OH is 1. The number of carbonyl (C=O) groups excluding carboxylic acids is 1. The summed E-state index contributed by atoms with van der Waals surface area (Å²) in [6.07, 6.45) is 2.94. The molecule has 0 bridgehead atoms. The highest BCUT2D eigenvalue weighted by atomic mass is 32.2. The number of benzene rings is 2. The molecular weight excluding hydrogens is 444 g/mol. The van der Waals surface area contributed by atoms with Crippen LogP contribution in [0.25, 0.3) is 0 Å². The van der Waals surface area contributed by atoms with Crippen molar-refractivity contribution in [2.45, 2.75) is 42.5 Å². The Morgan fingerprint density at radius 2 is 1.88 bits per heavy atom. The molecule has 0 fully saturated rings. The van der Waals surface area contributed by atoms with E-state index in [9.17, 15) is 18.3 Å². The topological polar surface area (TPSA) is 105 Å². The van der Waals surface area contributed by atoms with Crippen molar-refractivity contribution >= 4 is 15.9 Å². The predicted octanol–water partition coefficient (Wildman–Crippen LogP) is 1.63. The van der Waals surface area contributed by atoms with Gasteiger partial charge in [-0.05, 0) is 41.8 Å².